The predicted octanol–water partition coefficient (Wildman–Crippen LogP) is -7.73. The largest absolute Gasteiger partial charge is 0.472 e. The van der Waals surface area contributed by atoms with E-state index in [1.807, 2.05) is 0 Å². The SMILES string of the molecule is CC(=O)N[C@H]1[C@H](O[C@H]2[C@@H](O)[C@@H](COP(=O)(O)O)O[C@H](OC[C@H](O)CO)[C@@H]2O)O[C@H](COP(=O)(O)OCCN)[C@H](O)[C@@H]1O[C@@H]1O[C@H](COP(=O)(O)OCCN)[C@H](O)[C@H](O)[C@H]1O. The molecular formula is C27H54N3O27P3. The van der Waals surface area contributed by atoms with Crippen molar-refractivity contribution in [2.24, 2.45) is 11.5 Å². The molecule has 0 aromatic carbocycles. The molecule has 0 aromatic heterocycles. The number of carbonyl (C=O) groups is 1. The van der Waals surface area contributed by atoms with Crippen LogP contribution in [-0.2, 0) is 69.5 Å². The molecule has 18 atom stereocenters. The van der Waals surface area contributed by atoms with E-state index in [4.69, 9.17) is 48.9 Å². The highest BCUT2D eigenvalue weighted by Gasteiger charge is 2.55. The summed E-state index contributed by atoms with van der Waals surface area (Å²) in [5.74, 6) is -0.911. The maximum Gasteiger partial charge on any atom is 0.472 e. The molecule has 3 rings (SSSR count). The molecule has 0 saturated carbocycles. The van der Waals surface area contributed by atoms with E-state index < -0.39 is 174 Å². The molecule has 3 heterocycles. The quantitative estimate of drug-likeness (QED) is 0.0400. The Labute approximate surface area is 340 Å². The van der Waals surface area contributed by atoms with Gasteiger partial charge in [-0.15, -0.1) is 0 Å². The first-order valence-electron chi connectivity index (χ1n) is 17.8. The molecule has 1 amide bonds. The van der Waals surface area contributed by atoms with Crippen LogP contribution < -0.4 is 16.8 Å². The minimum Gasteiger partial charge on any atom is -0.394 e. The van der Waals surface area contributed by atoms with Crippen LogP contribution >= 0.6 is 23.5 Å². The van der Waals surface area contributed by atoms with E-state index in [0.717, 1.165) is 6.92 Å². The van der Waals surface area contributed by atoms with E-state index in [1.165, 1.54) is 0 Å². The average molecular weight is 946 g/mol. The molecule has 0 aliphatic carbocycles. The summed E-state index contributed by atoms with van der Waals surface area (Å²) >= 11 is 0. The van der Waals surface area contributed by atoms with Crippen LogP contribution in [0.3, 0.4) is 0 Å². The number of hydrogen-bond donors (Lipinski definition) is 15. The first kappa shape index (κ1) is 53.5. The van der Waals surface area contributed by atoms with E-state index in [1.54, 1.807) is 0 Å². The van der Waals surface area contributed by atoms with E-state index in [0.29, 0.717) is 0 Å². The standard InChI is InChI=1S/C27H54N3O27P3/c1-11(32)30-16-23(56-27-21(38)20(37)17(34)13(55-27)9-51-59(43,44)48-4-2-28)18(35)15(10-52-60(45,46)49-5-3-29)53-25(16)57-24-19(36)14(8-50-58(40,41)42)54-26(22(24)39)47-7-12(33)6-31/h12-27,31,33-39H,2-10,28-29H2,1H3,(H,30,32)(H,43,44)(H,45,46)(H2,40,41,42)/t12-,13-,14-,15-,16-,17+,18+,19+,20+,21-,22-,23-,24+,25+,26+,27+/m1/s1. The van der Waals surface area contributed by atoms with Gasteiger partial charge in [0.05, 0.1) is 46.2 Å². The lowest BCUT2D eigenvalue weighted by Crippen LogP contribution is -2.70. The third-order valence-electron chi connectivity index (χ3n) is 8.56. The highest BCUT2D eigenvalue weighted by atomic mass is 31.2. The molecule has 2 unspecified atom stereocenters. The van der Waals surface area contributed by atoms with Crippen LogP contribution in [0.25, 0.3) is 0 Å². The van der Waals surface area contributed by atoms with Crippen molar-refractivity contribution in [1.82, 2.24) is 5.32 Å². The van der Waals surface area contributed by atoms with Gasteiger partial charge in [-0.25, -0.2) is 13.7 Å². The monoisotopic (exact) mass is 945 g/mol. The zero-order valence-electron chi connectivity index (χ0n) is 31.6. The van der Waals surface area contributed by atoms with Gasteiger partial charge < -0.3 is 106 Å². The molecular weight excluding hydrogens is 891 g/mol. The van der Waals surface area contributed by atoms with Crippen LogP contribution in [0.5, 0.6) is 0 Å². The molecule has 3 aliphatic rings. The zero-order valence-corrected chi connectivity index (χ0v) is 34.3. The summed E-state index contributed by atoms with van der Waals surface area (Å²) in [6, 6.07) is -1.86. The van der Waals surface area contributed by atoms with Crippen molar-refractivity contribution in [2.45, 2.75) is 105 Å². The molecule has 60 heavy (non-hydrogen) atoms. The number of aliphatic hydroxyl groups excluding tert-OH is 8. The second-order valence-corrected chi connectivity index (χ2v) is 17.4. The number of phosphoric ester groups is 3. The smallest absolute Gasteiger partial charge is 0.394 e. The van der Waals surface area contributed by atoms with Crippen molar-refractivity contribution >= 4 is 29.4 Å². The Morgan fingerprint density at radius 1 is 0.650 bits per heavy atom. The van der Waals surface area contributed by atoms with Gasteiger partial charge in [0, 0.05) is 20.0 Å². The van der Waals surface area contributed by atoms with Gasteiger partial charge in [-0.05, 0) is 0 Å². The Bertz CT molecular complexity index is 1470. The minimum absolute atomic E-state index is 0.186. The summed E-state index contributed by atoms with van der Waals surface area (Å²) in [6.45, 7) is -5.06. The van der Waals surface area contributed by atoms with Gasteiger partial charge in [-0.3, -0.25) is 27.4 Å². The minimum atomic E-state index is -5.23. The number of nitrogens with one attached hydrogen (secondary N) is 1. The van der Waals surface area contributed by atoms with Crippen LogP contribution in [0.4, 0.5) is 0 Å². The van der Waals surface area contributed by atoms with Crippen molar-refractivity contribution in [3.05, 3.63) is 0 Å². The molecule has 0 aromatic rings. The topological polar surface area (TPSA) is 477 Å². The summed E-state index contributed by atoms with van der Waals surface area (Å²) in [6.07, 6.45) is -30.0. The lowest BCUT2D eigenvalue weighted by atomic mass is 9.94. The second kappa shape index (κ2) is 23.9. The van der Waals surface area contributed by atoms with E-state index in [-0.39, 0.29) is 13.1 Å². The first-order valence-corrected chi connectivity index (χ1v) is 22.3. The molecule has 0 spiro atoms. The lowest BCUT2D eigenvalue weighted by Gasteiger charge is -2.49. The van der Waals surface area contributed by atoms with Crippen molar-refractivity contribution in [3.8, 4) is 0 Å². The third kappa shape index (κ3) is 16.0. The van der Waals surface area contributed by atoms with Crippen LogP contribution in [-0.4, -0.2) is 224 Å². The molecule has 33 heteroatoms. The summed E-state index contributed by atoms with van der Waals surface area (Å²) < 4.78 is 93.5. The van der Waals surface area contributed by atoms with Gasteiger partial charge in [-0.1, -0.05) is 0 Å². The Morgan fingerprint density at radius 2 is 1.12 bits per heavy atom. The highest BCUT2D eigenvalue weighted by Crippen LogP contribution is 2.45. The predicted molar refractivity (Wildman–Crippen MR) is 188 cm³/mol. The van der Waals surface area contributed by atoms with E-state index >= 15 is 0 Å². The molecule has 3 fully saturated rings. The number of hydrogen-bond acceptors (Lipinski definition) is 25. The van der Waals surface area contributed by atoms with Gasteiger partial charge in [0.25, 0.3) is 0 Å². The molecule has 354 valence electrons. The Morgan fingerprint density at radius 3 is 1.62 bits per heavy atom. The number of carbonyl (C=O) groups excluding carboxylic acids is 1. The lowest BCUT2D eigenvalue weighted by molar-refractivity contribution is -0.366. The fourth-order valence-corrected chi connectivity index (χ4v) is 7.54. The average Bonchev–Trinajstić information content (AvgIpc) is 3.17. The van der Waals surface area contributed by atoms with Crippen LogP contribution in [0, 0.1) is 0 Å². The summed E-state index contributed by atoms with van der Waals surface area (Å²) in [5.41, 5.74) is 10.6. The maximum absolute atomic E-state index is 12.6. The first-order chi connectivity index (χ1) is 27.9. The van der Waals surface area contributed by atoms with Crippen LogP contribution in [0.2, 0.25) is 0 Å². The summed E-state index contributed by atoms with van der Waals surface area (Å²) in [7, 11) is -15.0. The zero-order chi connectivity index (χ0) is 45.2. The molecule has 17 N–H and O–H groups in total. The Kier molecular flexibility index (Phi) is 21.3. The molecule has 0 radical (unpaired) electrons. The van der Waals surface area contributed by atoms with Gasteiger partial charge in [0.15, 0.2) is 18.9 Å². The summed E-state index contributed by atoms with van der Waals surface area (Å²) in [4.78, 5) is 51.2. The van der Waals surface area contributed by atoms with Gasteiger partial charge in [0.2, 0.25) is 5.91 Å². The highest BCUT2D eigenvalue weighted by molar-refractivity contribution is 7.47. The fourth-order valence-electron chi connectivity index (χ4n) is 5.71. The maximum atomic E-state index is 12.6. The second-order valence-electron chi connectivity index (χ2n) is 13.2. The van der Waals surface area contributed by atoms with Crippen molar-refractivity contribution in [2.75, 3.05) is 59.3 Å². The van der Waals surface area contributed by atoms with Crippen molar-refractivity contribution < 1.29 is 130 Å². The Hall–Kier alpha value is -0.840. The Balaban J connectivity index is 2.03. The number of phosphoric acid groups is 3. The van der Waals surface area contributed by atoms with Crippen LogP contribution in [0.15, 0.2) is 0 Å². The van der Waals surface area contributed by atoms with E-state index in [9.17, 15) is 78.9 Å². The van der Waals surface area contributed by atoms with Crippen molar-refractivity contribution in [1.29, 1.82) is 0 Å². The third-order valence-corrected chi connectivity index (χ3v) is 11.0. The number of aliphatic hydroxyl groups is 8. The normalized spacial score (nSPS) is 37.8. The van der Waals surface area contributed by atoms with E-state index in [2.05, 4.69) is 18.9 Å². The number of amides is 1. The molecule has 0 bridgehead atoms. The van der Waals surface area contributed by atoms with Crippen LogP contribution in [0.1, 0.15) is 6.92 Å². The van der Waals surface area contributed by atoms with Crippen molar-refractivity contribution in [3.63, 3.8) is 0 Å². The molecule has 3 aliphatic heterocycles. The molecule has 3 saturated heterocycles. The summed E-state index contributed by atoms with van der Waals surface area (Å²) in [5, 5.41) is 87.5. The van der Waals surface area contributed by atoms with Gasteiger partial charge in [-0.2, -0.15) is 0 Å². The number of nitrogens with two attached hydrogens (primary N) is 2. The van der Waals surface area contributed by atoms with Gasteiger partial charge >= 0.3 is 23.5 Å². The molecule has 30 nitrogen and oxygen atoms in total. The number of ether oxygens (including phenoxy) is 6. The fraction of sp³-hybridized carbons (Fsp3) is 0.963. The number of rotatable bonds is 24. The van der Waals surface area contributed by atoms with Gasteiger partial charge in [0.1, 0.15) is 79.3 Å².